The molecule has 0 amide bonds. The van der Waals surface area contributed by atoms with Crippen LogP contribution in [0.3, 0.4) is 0 Å². The highest BCUT2D eigenvalue weighted by molar-refractivity contribution is 5.82. The van der Waals surface area contributed by atoms with Crippen molar-refractivity contribution in [2.45, 2.75) is 90.6 Å². The summed E-state index contributed by atoms with van der Waals surface area (Å²) < 4.78 is 56.4. The second-order valence-electron chi connectivity index (χ2n) is 14.6. The molecule has 0 saturated carbocycles. The van der Waals surface area contributed by atoms with Crippen LogP contribution in [-0.4, -0.2) is 59.5 Å². The first kappa shape index (κ1) is 35.5. The van der Waals surface area contributed by atoms with Gasteiger partial charge >= 0.3 is 5.97 Å². The minimum absolute atomic E-state index is 0.136. The van der Waals surface area contributed by atoms with Crippen molar-refractivity contribution in [3.05, 3.63) is 83.6 Å². The highest BCUT2D eigenvalue weighted by Crippen LogP contribution is 2.41. The lowest BCUT2D eigenvalue weighted by atomic mass is 9.92. The molecule has 0 aliphatic carbocycles. The molecule has 2 aromatic heterocycles. The predicted molar refractivity (Wildman–Crippen MR) is 191 cm³/mol. The molecular weight excluding hydrogens is 640 g/mol. The Morgan fingerprint density at radius 2 is 1.82 bits per heavy atom. The molecule has 7 rings (SSSR count). The number of aryl methyl sites for hydroxylation is 1. The number of halogens is 2. The first-order chi connectivity index (χ1) is 23.7. The Morgan fingerprint density at radius 1 is 1.08 bits per heavy atom. The quantitative estimate of drug-likeness (QED) is 0.158. The number of esters is 1. The molecule has 0 spiro atoms. The van der Waals surface area contributed by atoms with Gasteiger partial charge in [-0.1, -0.05) is 30.4 Å². The van der Waals surface area contributed by atoms with E-state index in [1.165, 1.54) is 13.2 Å². The zero-order valence-corrected chi connectivity index (χ0v) is 30.0. The van der Waals surface area contributed by atoms with Crippen molar-refractivity contribution in [3.8, 4) is 28.1 Å². The van der Waals surface area contributed by atoms with E-state index in [4.69, 9.17) is 23.9 Å². The number of methoxy groups -OCH3 is 1. The molecule has 2 atom stereocenters. The molecule has 0 radical (unpaired) electrons. The summed E-state index contributed by atoms with van der Waals surface area (Å²) in [4.78, 5) is 20.7. The van der Waals surface area contributed by atoms with Gasteiger partial charge in [0.1, 0.15) is 28.8 Å². The minimum atomic E-state index is -0.985. The molecule has 6 bridgehead atoms. The lowest BCUT2D eigenvalue weighted by molar-refractivity contribution is -0.164. The number of carbonyl (C=O) groups excluding carboxylic acids is 1. The van der Waals surface area contributed by atoms with E-state index < -0.39 is 29.3 Å². The van der Waals surface area contributed by atoms with E-state index in [0.717, 1.165) is 42.3 Å². The summed E-state index contributed by atoms with van der Waals surface area (Å²) in [6, 6.07) is 11.4. The van der Waals surface area contributed by atoms with Gasteiger partial charge in [0.2, 0.25) is 0 Å². The average molecular weight is 688 g/mol. The number of fused-ring (bicyclic) bond motifs is 8. The molecule has 2 aromatic carbocycles. The van der Waals surface area contributed by atoms with E-state index in [9.17, 15) is 9.18 Å². The van der Waals surface area contributed by atoms with E-state index in [-0.39, 0.29) is 23.0 Å². The SMILES string of the molecule is COC(=O)[C@@H](OC(C)(C)C)c1c(C)cc2nc3cn2c1N1CCC(C)(CC1)OCC/C=C/C[C@H](C)Oc1cc(F)cc(F)c1-c1cccc-3c1. The van der Waals surface area contributed by atoms with Crippen LogP contribution in [0.4, 0.5) is 14.6 Å². The van der Waals surface area contributed by atoms with Gasteiger partial charge in [0.15, 0.2) is 6.10 Å². The number of anilines is 1. The number of aromatic nitrogens is 2. The molecule has 10 heteroatoms. The fourth-order valence-corrected chi connectivity index (χ4v) is 6.85. The number of benzene rings is 2. The average Bonchev–Trinajstić information content (AvgIpc) is 3.47. The molecule has 3 aliphatic rings. The molecule has 5 heterocycles. The first-order valence-corrected chi connectivity index (χ1v) is 17.3. The Balaban J connectivity index is 1.55. The van der Waals surface area contributed by atoms with Gasteiger partial charge in [-0.2, -0.15) is 0 Å². The summed E-state index contributed by atoms with van der Waals surface area (Å²) >= 11 is 0. The minimum Gasteiger partial charge on any atom is -0.490 e. The topological polar surface area (TPSA) is 74.5 Å². The number of hydrogen-bond acceptors (Lipinski definition) is 7. The summed E-state index contributed by atoms with van der Waals surface area (Å²) in [5.74, 6) is -0.962. The standard InChI is InChI=1S/C40H47F2N3O5/c1-25-20-33-43-31-24-45(33)37(34(25)36(38(46)47-7)50-39(3,4)5)44-17-15-40(6,16-18-44)48-19-10-8-9-12-26(2)49-32-23-29(41)22-30(42)35(32)28-14-11-13-27(31)21-28/h8-9,11,13-14,20-24,26,36H,10,12,15-19H2,1-7H3/b9-8+/t26-,36-/m0/s1. The largest absolute Gasteiger partial charge is 0.490 e. The number of rotatable bonds is 3. The van der Waals surface area contributed by atoms with Crippen molar-refractivity contribution in [1.29, 1.82) is 0 Å². The third kappa shape index (κ3) is 7.56. The number of hydrogen-bond donors (Lipinski definition) is 0. The van der Waals surface area contributed by atoms with Gasteiger partial charge < -0.3 is 23.8 Å². The van der Waals surface area contributed by atoms with Crippen LogP contribution in [-0.2, 0) is 19.0 Å². The Morgan fingerprint density at radius 3 is 2.54 bits per heavy atom. The molecular formula is C40H47F2N3O5. The Kier molecular flexibility index (Phi) is 10.1. The van der Waals surface area contributed by atoms with E-state index >= 15 is 4.39 Å². The van der Waals surface area contributed by atoms with Gasteiger partial charge in [-0.25, -0.2) is 18.6 Å². The van der Waals surface area contributed by atoms with E-state index in [1.54, 1.807) is 6.07 Å². The predicted octanol–water partition coefficient (Wildman–Crippen LogP) is 8.78. The molecule has 266 valence electrons. The van der Waals surface area contributed by atoms with Gasteiger partial charge in [0.05, 0.1) is 42.3 Å². The Labute approximate surface area is 293 Å². The van der Waals surface area contributed by atoms with Crippen LogP contribution in [0.15, 0.2) is 60.8 Å². The summed E-state index contributed by atoms with van der Waals surface area (Å²) in [5.41, 5.74) is 3.40. The van der Waals surface area contributed by atoms with Crippen LogP contribution in [0, 0.1) is 18.6 Å². The molecule has 0 unspecified atom stereocenters. The van der Waals surface area contributed by atoms with Crippen molar-refractivity contribution in [2.24, 2.45) is 0 Å². The van der Waals surface area contributed by atoms with Crippen molar-refractivity contribution in [2.75, 3.05) is 31.7 Å². The molecule has 8 nitrogen and oxygen atoms in total. The number of pyridine rings is 1. The van der Waals surface area contributed by atoms with Crippen molar-refractivity contribution in [1.82, 2.24) is 9.38 Å². The van der Waals surface area contributed by atoms with Crippen LogP contribution in [0.2, 0.25) is 0 Å². The van der Waals surface area contributed by atoms with Crippen LogP contribution in [0.1, 0.15) is 77.5 Å². The van der Waals surface area contributed by atoms with E-state index in [2.05, 4.69) is 17.9 Å². The maximum Gasteiger partial charge on any atom is 0.339 e. The molecule has 50 heavy (non-hydrogen) atoms. The van der Waals surface area contributed by atoms with Crippen molar-refractivity contribution in [3.63, 3.8) is 0 Å². The number of nitrogens with zero attached hydrogens (tertiary/aromatic N) is 3. The summed E-state index contributed by atoms with van der Waals surface area (Å²) in [7, 11) is 1.37. The lowest BCUT2D eigenvalue weighted by Gasteiger charge is -2.41. The summed E-state index contributed by atoms with van der Waals surface area (Å²) in [6.07, 6.45) is 7.58. The van der Waals surface area contributed by atoms with Gasteiger partial charge in [0, 0.05) is 49.0 Å². The number of piperidine rings is 1. The van der Waals surface area contributed by atoms with Crippen LogP contribution >= 0.6 is 0 Å². The fourth-order valence-electron chi connectivity index (χ4n) is 6.85. The fraction of sp³-hybridized carbons (Fsp3) is 0.450. The maximum atomic E-state index is 15.6. The Bertz CT molecular complexity index is 1910. The van der Waals surface area contributed by atoms with E-state index in [1.807, 2.05) is 75.6 Å². The molecule has 4 aromatic rings. The summed E-state index contributed by atoms with van der Waals surface area (Å²) in [6.45, 7) is 13.7. The zero-order chi connectivity index (χ0) is 35.8. The third-order valence-corrected chi connectivity index (χ3v) is 9.41. The highest BCUT2D eigenvalue weighted by atomic mass is 19.1. The van der Waals surface area contributed by atoms with Crippen LogP contribution in [0.5, 0.6) is 5.75 Å². The lowest BCUT2D eigenvalue weighted by Crippen LogP contribution is -2.45. The van der Waals surface area contributed by atoms with Crippen molar-refractivity contribution >= 4 is 17.4 Å². The van der Waals surface area contributed by atoms with Crippen LogP contribution < -0.4 is 9.64 Å². The smallest absolute Gasteiger partial charge is 0.339 e. The van der Waals surface area contributed by atoms with Gasteiger partial charge in [-0.15, -0.1) is 0 Å². The molecule has 1 fully saturated rings. The number of ether oxygens (including phenoxy) is 4. The molecule has 0 N–H and O–H groups in total. The Hall–Kier alpha value is -4.28. The first-order valence-electron chi connectivity index (χ1n) is 17.3. The van der Waals surface area contributed by atoms with E-state index in [0.29, 0.717) is 48.6 Å². The molecule has 1 saturated heterocycles. The number of imidazole rings is 1. The van der Waals surface area contributed by atoms with Gasteiger partial charge in [0.25, 0.3) is 0 Å². The van der Waals surface area contributed by atoms with Crippen LogP contribution in [0.25, 0.3) is 28.0 Å². The zero-order valence-electron chi connectivity index (χ0n) is 30.0. The normalized spacial score (nSPS) is 21.3. The van der Waals surface area contributed by atoms with Crippen molar-refractivity contribution < 1.29 is 32.5 Å². The third-order valence-electron chi connectivity index (χ3n) is 9.41. The maximum absolute atomic E-state index is 15.6. The highest BCUT2D eigenvalue weighted by Gasteiger charge is 2.37. The van der Waals surface area contributed by atoms with Gasteiger partial charge in [-0.3, -0.25) is 4.40 Å². The van der Waals surface area contributed by atoms with Gasteiger partial charge in [-0.05, 0) is 84.1 Å². The second-order valence-corrected chi connectivity index (χ2v) is 14.6. The second kappa shape index (κ2) is 14.2. The monoisotopic (exact) mass is 687 g/mol. The number of carbonyl (C=O) groups is 1. The molecule has 3 aliphatic heterocycles. The summed E-state index contributed by atoms with van der Waals surface area (Å²) in [5, 5.41) is 0.